The summed E-state index contributed by atoms with van der Waals surface area (Å²) >= 11 is 0. The fourth-order valence-electron chi connectivity index (χ4n) is 4.67. The van der Waals surface area contributed by atoms with E-state index in [1.54, 1.807) is 26.0 Å². The van der Waals surface area contributed by atoms with Gasteiger partial charge in [0.05, 0.1) is 17.2 Å². The summed E-state index contributed by atoms with van der Waals surface area (Å²) < 4.78 is 41.0. The first kappa shape index (κ1) is 25.1. The van der Waals surface area contributed by atoms with Gasteiger partial charge in [0, 0.05) is 29.4 Å². The summed E-state index contributed by atoms with van der Waals surface area (Å²) in [5.41, 5.74) is -1.56. The van der Waals surface area contributed by atoms with E-state index in [2.05, 4.69) is 10.3 Å². The molecule has 0 bridgehead atoms. The van der Waals surface area contributed by atoms with Gasteiger partial charge in [0.2, 0.25) is 0 Å². The van der Waals surface area contributed by atoms with Crippen molar-refractivity contribution in [1.82, 2.24) is 14.8 Å². The first-order valence-electron chi connectivity index (χ1n) is 11.7. The Kier molecular flexibility index (Phi) is 6.88. The van der Waals surface area contributed by atoms with Crippen molar-refractivity contribution in [3.05, 3.63) is 53.5 Å². The number of aliphatic hydroxyl groups is 2. The van der Waals surface area contributed by atoms with Crippen LogP contribution in [0.3, 0.4) is 0 Å². The van der Waals surface area contributed by atoms with Crippen molar-refractivity contribution < 1.29 is 28.2 Å². The quantitative estimate of drug-likeness (QED) is 0.449. The first-order chi connectivity index (χ1) is 16.5. The predicted octanol–water partition coefficient (Wildman–Crippen LogP) is 5.04. The number of amides is 1. The number of aliphatic hydroxyl groups excluding tert-OH is 1. The minimum atomic E-state index is -4.67. The van der Waals surface area contributed by atoms with Crippen LogP contribution in [0.2, 0.25) is 0 Å². The summed E-state index contributed by atoms with van der Waals surface area (Å²) in [6.07, 6.45) is 1.96. The van der Waals surface area contributed by atoms with Gasteiger partial charge in [-0.25, -0.2) is 4.98 Å². The van der Waals surface area contributed by atoms with Gasteiger partial charge >= 0.3 is 6.18 Å². The highest BCUT2D eigenvalue weighted by Crippen LogP contribution is 2.36. The molecule has 0 spiro atoms. The van der Waals surface area contributed by atoms with E-state index in [0.717, 1.165) is 49.6 Å². The number of halogens is 3. The van der Waals surface area contributed by atoms with Crippen LogP contribution in [0.5, 0.6) is 0 Å². The average Bonchev–Trinajstić information content (AvgIpc) is 3.21. The number of fused-ring (bicyclic) bond motifs is 1. The Morgan fingerprint density at radius 1 is 1.17 bits per heavy atom. The molecule has 0 atom stereocenters. The van der Waals surface area contributed by atoms with Crippen LogP contribution in [0.1, 0.15) is 73.7 Å². The molecule has 10 heteroatoms. The number of pyridine rings is 1. The molecular weight excluding hydrogens is 461 g/mol. The molecule has 0 aliphatic heterocycles. The first-order valence-corrected chi connectivity index (χ1v) is 11.7. The Morgan fingerprint density at radius 3 is 2.51 bits per heavy atom. The lowest BCUT2D eigenvalue weighted by Gasteiger charge is -2.28. The maximum absolute atomic E-state index is 13.0. The SMILES string of the molecule is CC(C)(O)c1cc2nn(C3CCC(CCO)CC3)cc2cc1NC(=O)c1cccc(C(F)(F)F)n1. The number of rotatable bonds is 6. The highest BCUT2D eigenvalue weighted by atomic mass is 19.4. The Labute approximate surface area is 201 Å². The summed E-state index contributed by atoms with van der Waals surface area (Å²) in [5.74, 6) is -0.287. The van der Waals surface area contributed by atoms with Crippen molar-refractivity contribution in [1.29, 1.82) is 0 Å². The van der Waals surface area contributed by atoms with Crippen molar-refractivity contribution >= 4 is 22.5 Å². The number of nitrogens with zero attached hydrogens (tertiary/aromatic N) is 3. The average molecular weight is 491 g/mol. The maximum atomic E-state index is 13.0. The minimum Gasteiger partial charge on any atom is -0.396 e. The van der Waals surface area contributed by atoms with Gasteiger partial charge in [0.25, 0.3) is 5.91 Å². The molecule has 1 amide bonds. The summed E-state index contributed by atoms with van der Waals surface area (Å²) in [6, 6.07) is 6.72. The van der Waals surface area contributed by atoms with Gasteiger partial charge < -0.3 is 15.5 Å². The molecule has 2 aromatic heterocycles. The van der Waals surface area contributed by atoms with Crippen molar-refractivity contribution in [2.24, 2.45) is 5.92 Å². The lowest BCUT2D eigenvalue weighted by molar-refractivity contribution is -0.141. The van der Waals surface area contributed by atoms with Crippen LogP contribution in [-0.2, 0) is 11.8 Å². The molecule has 1 fully saturated rings. The molecule has 1 aromatic carbocycles. The molecule has 0 unspecified atom stereocenters. The van der Waals surface area contributed by atoms with Crippen molar-refractivity contribution in [2.75, 3.05) is 11.9 Å². The standard InChI is InChI=1S/C25H29F3N4O3/c1-24(2,35)18-13-20-16(14-32(31-20)17-8-6-15(7-9-17)10-11-33)12-21(18)30-23(34)19-4-3-5-22(29-19)25(26,27)28/h3-5,12-15,17,33,35H,6-11H2,1-2H3,(H,30,34). The van der Waals surface area contributed by atoms with Gasteiger partial charge in [-0.3, -0.25) is 9.48 Å². The predicted molar refractivity (Wildman–Crippen MR) is 125 cm³/mol. The lowest BCUT2D eigenvalue weighted by Crippen LogP contribution is -2.22. The second-order valence-corrected chi connectivity index (χ2v) is 9.67. The molecular formula is C25H29F3N4O3. The van der Waals surface area contributed by atoms with Crippen molar-refractivity contribution in [2.45, 2.75) is 63.8 Å². The zero-order valence-electron chi connectivity index (χ0n) is 19.6. The molecule has 188 valence electrons. The number of hydrogen-bond acceptors (Lipinski definition) is 5. The number of benzene rings is 1. The maximum Gasteiger partial charge on any atom is 0.433 e. The van der Waals surface area contributed by atoms with E-state index in [1.165, 1.54) is 6.07 Å². The summed E-state index contributed by atoms with van der Waals surface area (Å²) in [6.45, 7) is 3.32. The van der Waals surface area contributed by atoms with E-state index < -0.39 is 23.4 Å². The number of carbonyl (C=O) groups is 1. The normalized spacial score (nSPS) is 19.2. The molecule has 35 heavy (non-hydrogen) atoms. The van der Waals surface area contributed by atoms with Gasteiger partial charge in [-0.15, -0.1) is 0 Å². The fraction of sp³-hybridized carbons (Fsp3) is 0.480. The van der Waals surface area contributed by atoms with Gasteiger partial charge in [-0.2, -0.15) is 18.3 Å². The van der Waals surface area contributed by atoms with E-state index in [4.69, 9.17) is 5.10 Å². The number of carbonyl (C=O) groups excluding carboxylic acids is 1. The number of hydrogen-bond donors (Lipinski definition) is 3. The zero-order chi connectivity index (χ0) is 25.4. The van der Waals surface area contributed by atoms with Crippen molar-refractivity contribution in [3.63, 3.8) is 0 Å². The van der Waals surface area contributed by atoms with Crippen LogP contribution < -0.4 is 5.32 Å². The highest BCUT2D eigenvalue weighted by Gasteiger charge is 2.33. The van der Waals surface area contributed by atoms with E-state index >= 15 is 0 Å². The van der Waals surface area contributed by atoms with Gasteiger partial charge in [-0.05, 0) is 76.1 Å². The molecule has 4 rings (SSSR count). The molecule has 1 saturated carbocycles. The van der Waals surface area contributed by atoms with Crippen LogP contribution >= 0.6 is 0 Å². The van der Waals surface area contributed by atoms with E-state index in [9.17, 15) is 28.2 Å². The summed E-state index contributed by atoms with van der Waals surface area (Å²) in [5, 5.41) is 28.0. The largest absolute Gasteiger partial charge is 0.433 e. The fourth-order valence-corrected chi connectivity index (χ4v) is 4.67. The van der Waals surface area contributed by atoms with Crippen molar-refractivity contribution in [3.8, 4) is 0 Å². The lowest BCUT2D eigenvalue weighted by atomic mass is 9.84. The molecule has 2 heterocycles. The van der Waals surface area contributed by atoms with Gasteiger partial charge in [0.1, 0.15) is 11.4 Å². The Bertz CT molecular complexity index is 1210. The van der Waals surface area contributed by atoms with Crippen LogP contribution in [0.4, 0.5) is 18.9 Å². The second-order valence-electron chi connectivity index (χ2n) is 9.67. The third-order valence-corrected chi connectivity index (χ3v) is 6.57. The third kappa shape index (κ3) is 5.65. The Balaban J connectivity index is 1.63. The zero-order valence-corrected chi connectivity index (χ0v) is 19.6. The minimum absolute atomic E-state index is 0.200. The molecule has 3 N–H and O–H groups in total. The monoisotopic (exact) mass is 490 g/mol. The number of aromatic nitrogens is 3. The molecule has 0 saturated heterocycles. The second kappa shape index (κ2) is 9.58. The van der Waals surface area contributed by atoms with Gasteiger partial charge in [0.15, 0.2) is 0 Å². The van der Waals surface area contributed by atoms with E-state index in [1.807, 2.05) is 10.9 Å². The van der Waals surface area contributed by atoms with E-state index in [-0.39, 0.29) is 24.0 Å². The number of nitrogens with one attached hydrogen (secondary N) is 1. The van der Waals surface area contributed by atoms with Crippen LogP contribution in [0.15, 0.2) is 36.5 Å². The highest BCUT2D eigenvalue weighted by molar-refractivity contribution is 6.04. The van der Waals surface area contributed by atoms with Crippen LogP contribution in [0, 0.1) is 5.92 Å². The van der Waals surface area contributed by atoms with Crippen LogP contribution in [0.25, 0.3) is 10.9 Å². The molecule has 1 aliphatic carbocycles. The molecule has 0 radical (unpaired) electrons. The summed E-state index contributed by atoms with van der Waals surface area (Å²) in [7, 11) is 0. The Morgan fingerprint density at radius 2 is 1.89 bits per heavy atom. The molecule has 7 nitrogen and oxygen atoms in total. The number of anilines is 1. The topological polar surface area (TPSA) is 100 Å². The number of alkyl halides is 3. The van der Waals surface area contributed by atoms with E-state index in [0.29, 0.717) is 17.0 Å². The molecule has 3 aromatic rings. The van der Waals surface area contributed by atoms with Crippen LogP contribution in [-0.4, -0.2) is 37.5 Å². The van der Waals surface area contributed by atoms with Gasteiger partial charge in [-0.1, -0.05) is 6.07 Å². The smallest absolute Gasteiger partial charge is 0.396 e. The Hall–Kier alpha value is -2.98. The summed E-state index contributed by atoms with van der Waals surface area (Å²) in [4.78, 5) is 16.2. The third-order valence-electron chi connectivity index (χ3n) is 6.57. The molecule has 1 aliphatic rings.